The van der Waals surface area contributed by atoms with Crippen LogP contribution in [0.15, 0.2) is 23.8 Å². The van der Waals surface area contributed by atoms with Crippen molar-refractivity contribution < 1.29 is 15.0 Å². The summed E-state index contributed by atoms with van der Waals surface area (Å²) in [5.41, 5.74) is 2.07. The van der Waals surface area contributed by atoms with Crippen molar-refractivity contribution in [1.82, 2.24) is 0 Å². The quantitative estimate of drug-likeness (QED) is 0.688. The first kappa shape index (κ1) is 15.4. The Hall–Kier alpha value is -1.09. The van der Waals surface area contributed by atoms with Crippen molar-refractivity contribution in [3.05, 3.63) is 23.8 Å². The highest BCUT2D eigenvalue weighted by Gasteiger charge is 1.99. The molecule has 0 spiro atoms. The molecule has 0 aliphatic rings. The van der Waals surface area contributed by atoms with E-state index in [0.717, 1.165) is 12.5 Å². The molecule has 0 rings (SSSR count). The summed E-state index contributed by atoms with van der Waals surface area (Å²) in [7, 11) is 0. The normalized spacial score (nSPS) is 10.6. The fourth-order valence-electron chi connectivity index (χ4n) is 0.549. The van der Waals surface area contributed by atoms with E-state index in [-0.39, 0.29) is 6.10 Å². The van der Waals surface area contributed by atoms with Crippen molar-refractivity contribution >= 4 is 5.97 Å². The second-order valence-corrected chi connectivity index (χ2v) is 3.40. The lowest BCUT2D eigenvalue weighted by Crippen LogP contribution is -2.04. The van der Waals surface area contributed by atoms with Gasteiger partial charge in [0.05, 0.1) is 6.10 Å². The van der Waals surface area contributed by atoms with Gasteiger partial charge in [-0.05, 0) is 27.2 Å². The molecule has 0 aromatic heterocycles. The zero-order valence-electron chi connectivity index (χ0n) is 9.37. The van der Waals surface area contributed by atoms with Crippen LogP contribution in [0.2, 0.25) is 0 Å². The Morgan fingerprint density at radius 3 is 1.93 bits per heavy atom. The number of carboxylic acid groups (broad SMARTS) is 1. The molecule has 0 aliphatic heterocycles. The summed E-state index contributed by atoms with van der Waals surface area (Å²) in [4.78, 5) is 9.00. The molecule has 14 heavy (non-hydrogen) atoms. The van der Waals surface area contributed by atoms with E-state index in [1.807, 2.05) is 26.8 Å². The lowest BCUT2D eigenvalue weighted by atomic mass is 10.1. The van der Waals surface area contributed by atoms with E-state index in [2.05, 4.69) is 6.58 Å². The molecule has 1 unspecified atom stereocenters. The maximum atomic E-state index is 9.23. The van der Waals surface area contributed by atoms with E-state index in [4.69, 9.17) is 9.90 Å². The Morgan fingerprint density at radius 1 is 1.36 bits per heavy atom. The third-order valence-corrected chi connectivity index (χ3v) is 1.32. The summed E-state index contributed by atoms with van der Waals surface area (Å²) in [6.45, 7) is 10.6. The SMILES string of the molecule is C=C(C)C(O)CC=C(C)C.CC(=O)O. The number of hydrogen-bond acceptors (Lipinski definition) is 2. The minimum absolute atomic E-state index is 0.366. The molecular formula is C11H20O3. The van der Waals surface area contributed by atoms with Crippen LogP contribution in [0.4, 0.5) is 0 Å². The van der Waals surface area contributed by atoms with Crippen LogP contribution in [0.1, 0.15) is 34.1 Å². The summed E-state index contributed by atoms with van der Waals surface area (Å²) in [5, 5.41) is 16.6. The number of aliphatic hydroxyl groups is 1. The van der Waals surface area contributed by atoms with Gasteiger partial charge in [-0.1, -0.05) is 23.8 Å². The zero-order valence-corrected chi connectivity index (χ0v) is 9.37. The predicted octanol–water partition coefficient (Wildman–Crippen LogP) is 2.37. The Labute approximate surface area is 85.8 Å². The summed E-state index contributed by atoms with van der Waals surface area (Å²) >= 11 is 0. The van der Waals surface area contributed by atoms with Crippen molar-refractivity contribution in [1.29, 1.82) is 0 Å². The van der Waals surface area contributed by atoms with Gasteiger partial charge in [0.15, 0.2) is 0 Å². The lowest BCUT2D eigenvalue weighted by Gasteiger charge is -2.05. The summed E-state index contributed by atoms with van der Waals surface area (Å²) in [5.74, 6) is -0.833. The van der Waals surface area contributed by atoms with E-state index < -0.39 is 5.97 Å². The molecule has 0 amide bonds. The van der Waals surface area contributed by atoms with Crippen LogP contribution in [-0.4, -0.2) is 22.3 Å². The largest absolute Gasteiger partial charge is 0.481 e. The van der Waals surface area contributed by atoms with Gasteiger partial charge in [-0.3, -0.25) is 4.79 Å². The predicted molar refractivity (Wildman–Crippen MR) is 58.2 cm³/mol. The third kappa shape index (κ3) is 17.1. The van der Waals surface area contributed by atoms with E-state index in [9.17, 15) is 5.11 Å². The van der Waals surface area contributed by atoms with Crippen LogP contribution < -0.4 is 0 Å². The first-order chi connectivity index (χ1) is 6.27. The number of aliphatic hydroxyl groups excluding tert-OH is 1. The minimum Gasteiger partial charge on any atom is -0.481 e. The fraction of sp³-hybridized carbons (Fsp3) is 0.545. The second kappa shape index (κ2) is 8.51. The second-order valence-electron chi connectivity index (χ2n) is 3.40. The smallest absolute Gasteiger partial charge is 0.300 e. The van der Waals surface area contributed by atoms with E-state index in [1.165, 1.54) is 5.57 Å². The maximum Gasteiger partial charge on any atom is 0.300 e. The van der Waals surface area contributed by atoms with Gasteiger partial charge in [-0.25, -0.2) is 0 Å². The van der Waals surface area contributed by atoms with Crippen molar-refractivity contribution in [2.24, 2.45) is 0 Å². The van der Waals surface area contributed by atoms with E-state index in [0.29, 0.717) is 6.42 Å². The van der Waals surface area contributed by atoms with Crippen LogP contribution in [0.3, 0.4) is 0 Å². The number of rotatable bonds is 3. The number of allylic oxidation sites excluding steroid dienone is 1. The third-order valence-electron chi connectivity index (χ3n) is 1.32. The van der Waals surface area contributed by atoms with Gasteiger partial charge in [0, 0.05) is 6.92 Å². The highest BCUT2D eigenvalue weighted by molar-refractivity contribution is 5.62. The minimum atomic E-state index is -0.833. The molecule has 0 bridgehead atoms. The Kier molecular flexibility index (Phi) is 9.35. The highest BCUT2D eigenvalue weighted by Crippen LogP contribution is 2.04. The molecule has 3 nitrogen and oxygen atoms in total. The van der Waals surface area contributed by atoms with Gasteiger partial charge in [-0.15, -0.1) is 0 Å². The molecule has 0 heterocycles. The average Bonchev–Trinajstić information content (AvgIpc) is 1.98. The van der Waals surface area contributed by atoms with Gasteiger partial charge >= 0.3 is 0 Å². The standard InChI is InChI=1S/C9H16O.C2H4O2/c1-7(2)5-6-9(10)8(3)4;1-2(3)4/h5,9-10H,3,6H2,1-2,4H3;1H3,(H,3,4). The van der Waals surface area contributed by atoms with E-state index >= 15 is 0 Å². The molecule has 82 valence electrons. The molecule has 3 heteroatoms. The number of aliphatic carboxylic acids is 1. The van der Waals surface area contributed by atoms with Crippen LogP contribution >= 0.6 is 0 Å². The lowest BCUT2D eigenvalue weighted by molar-refractivity contribution is -0.134. The molecule has 0 aromatic rings. The molecule has 0 fully saturated rings. The van der Waals surface area contributed by atoms with Gasteiger partial charge < -0.3 is 10.2 Å². The molecule has 0 aliphatic carbocycles. The first-order valence-electron chi connectivity index (χ1n) is 4.43. The Bertz CT molecular complexity index is 209. The van der Waals surface area contributed by atoms with Crippen LogP contribution in [0.5, 0.6) is 0 Å². The molecule has 0 saturated carbocycles. The average molecular weight is 200 g/mol. The van der Waals surface area contributed by atoms with Crippen LogP contribution in [0, 0.1) is 0 Å². The zero-order chi connectivity index (χ0) is 11.7. The van der Waals surface area contributed by atoms with Gasteiger partial charge in [-0.2, -0.15) is 0 Å². The number of carboxylic acids is 1. The topological polar surface area (TPSA) is 57.5 Å². The van der Waals surface area contributed by atoms with Crippen molar-refractivity contribution in [2.45, 2.75) is 40.2 Å². The van der Waals surface area contributed by atoms with Crippen LogP contribution in [-0.2, 0) is 4.79 Å². The summed E-state index contributed by atoms with van der Waals surface area (Å²) < 4.78 is 0. The van der Waals surface area contributed by atoms with Crippen molar-refractivity contribution in [3.8, 4) is 0 Å². The Morgan fingerprint density at radius 2 is 1.71 bits per heavy atom. The number of hydrogen-bond donors (Lipinski definition) is 2. The van der Waals surface area contributed by atoms with Crippen LogP contribution in [0.25, 0.3) is 0 Å². The van der Waals surface area contributed by atoms with Gasteiger partial charge in [0.1, 0.15) is 0 Å². The summed E-state index contributed by atoms with van der Waals surface area (Å²) in [6.07, 6.45) is 2.34. The molecular weight excluding hydrogens is 180 g/mol. The molecule has 0 aromatic carbocycles. The van der Waals surface area contributed by atoms with Gasteiger partial charge in [0.25, 0.3) is 5.97 Å². The molecule has 0 saturated heterocycles. The Balaban J connectivity index is 0. The molecule has 0 radical (unpaired) electrons. The number of carbonyl (C=O) groups is 1. The first-order valence-corrected chi connectivity index (χ1v) is 4.43. The van der Waals surface area contributed by atoms with Crippen molar-refractivity contribution in [2.75, 3.05) is 0 Å². The summed E-state index contributed by atoms with van der Waals surface area (Å²) in [6, 6.07) is 0. The van der Waals surface area contributed by atoms with Crippen molar-refractivity contribution in [3.63, 3.8) is 0 Å². The molecule has 2 N–H and O–H groups in total. The van der Waals surface area contributed by atoms with E-state index in [1.54, 1.807) is 0 Å². The van der Waals surface area contributed by atoms with Gasteiger partial charge in [0.2, 0.25) is 0 Å². The maximum absolute atomic E-state index is 9.23. The highest BCUT2D eigenvalue weighted by atomic mass is 16.4. The fourth-order valence-corrected chi connectivity index (χ4v) is 0.549. The monoisotopic (exact) mass is 200 g/mol. The molecule has 1 atom stereocenters.